The van der Waals surface area contributed by atoms with Gasteiger partial charge in [0.05, 0.1) is 21.4 Å². The summed E-state index contributed by atoms with van der Waals surface area (Å²) in [7, 11) is -1.34. The van der Waals surface area contributed by atoms with E-state index in [4.69, 9.17) is 9.47 Å². The van der Waals surface area contributed by atoms with Crippen LogP contribution in [0.1, 0.15) is 39.5 Å². The monoisotopic (exact) mass is 346 g/mol. The summed E-state index contributed by atoms with van der Waals surface area (Å²) in [5.41, 5.74) is 0. The van der Waals surface area contributed by atoms with E-state index < -0.39 is 8.15 Å². The van der Waals surface area contributed by atoms with Gasteiger partial charge in [0, 0.05) is 10.6 Å². The van der Waals surface area contributed by atoms with Crippen LogP contribution in [0, 0.1) is 0 Å². The highest BCUT2D eigenvalue weighted by molar-refractivity contribution is 7.67. The number of benzene rings is 2. The Kier molecular flexibility index (Phi) is 8.07. The molecule has 0 heterocycles. The minimum atomic E-state index is -1.34. The van der Waals surface area contributed by atoms with Crippen LogP contribution < -0.4 is 20.1 Å². The normalized spacial score (nSPS) is 10.8. The quantitative estimate of drug-likeness (QED) is 0.512. The summed E-state index contributed by atoms with van der Waals surface area (Å²) in [6.07, 6.45) is 4.36. The molecule has 0 unspecified atom stereocenters. The largest absolute Gasteiger partial charge is 0.494 e. The standard InChI is InChI=1S/C20H27O3P/c1-3-5-15-22-17-7-11-19(12-8-17)24(21)20-13-9-18(10-14-20)23-16-6-4-2/h7-14,21H,3-6,15-16H2,1-2H3. The number of rotatable bonds is 10. The van der Waals surface area contributed by atoms with E-state index in [0.29, 0.717) is 0 Å². The molecular formula is C20H27O3P. The van der Waals surface area contributed by atoms with Crippen molar-refractivity contribution in [3.05, 3.63) is 48.5 Å². The van der Waals surface area contributed by atoms with Crippen LogP contribution in [0.2, 0.25) is 0 Å². The van der Waals surface area contributed by atoms with Crippen LogP contribution in [-0.4, -0.2) is 18.1 Å². The summed E-state index contributed by atoms with van der Waals surface area (Å²) in [4.78, 5) is 10.6. The van der Waals surface area contributed by atoms with Crippen molar-refractivity contribution in [1.82, 2.24) is 0 Å². The van der Waals surface area contributed by atoms with Gasteiger partial charge < -0.3 is 14.4 Å². The fraction of sp³-hybridized carbons (Fsp3) is 0.400. The molecule has 0 saturated carbocycles. The maximum absolute atomic E-state index is 10.6. The highest BCUT2D eigenvalue weighted by atomic mass is 31.1. The van der Waals surface area contributed by atoms with Crippen LogP contribution >= 0.6 is 8.15 Å². The highest BCUT2D eigenvalue weighted by Crippen LogP contribution is 2.29. The lowest BCUT2D eigenvalue weighted by Gasteiger charge is -2.13. The van der Waals surface area contributed by atoms with Gasteiger partial charge in [-0.15, -0.1) is 0 Å². The summed E-state index contributed by atoms with van der Waals surface area (Å²) in [5.74, 6) is 1.71. The molecule has 2 rings (SSSR count). The number of ether oxygens (including phenoxy) is 2. The molecule has 0 aliphatic heterocycles. The van der Waals surface area contributed by atoms with Gasteiger partial charge in [-0.05, 0) is 61.4 Å². The molecule has 130 valence electrons. The SMILES string of the molecule is CCCCOc1ccc(P(O)c2ccc(OCCCC)cc2)cc1. The molecule has 0 fully saturated rings. The predicted octanol–water partition coefficient (Wildman–Crippen LogP) is 4.38. The van der Waals surface area contributed by atoms with Gasteiger partial charge in [0.15, 0.2) is 0 Å². The number of unbranched alkanes of at least 4 members (excludes halogenated alkanes) is 2. The van der Waals surface area contributed by atoms with Gasteiger partial charge >= 0.3 is 0 Å². The maximum atomic E-state index is 10.6. The summed E-state index contributed by atoms with van der Waals surface area (Å²) in [6, 6.07) is 15.5. The van der Waals surface area contributed by atoms with Gasteiger partial charge in [-0.25, -0.2) is 0 Å². The second-order valence-corrected chi connectivity index (χ2v) is 7.36. The van der Waals surface area contributed by atoms with E-state index in [0.717, 1.165) is 61.0 Å². The first-order valence-corrected chi connectivity index (χ1v) is 9.98. The van der Waals surface area contributed by atoms with Crippen LogP contribution in [0.25, 0.3) is 0 Å². The molecule has 0 bridgehead atoms. The fourth-order valence-electron chi connectivity index (χ4n) is 2.18. The van der Waals surface area contributed by atoms with E-state index in [-0.39, 0.29) is 0 Å². The Bertz CT molecular complexity index is 527. The summed E-state index contributed by atoms with van der Waals surface area (Å²) >= 11 is 0. The Hall–Kier alpha value is -1.57. The lowest BCUT2D eigenvalue weighted by atomic mass is 10.3. The van der Waals surface area contributed by atoms with Crippen molar-refractivity contribution in [3.8, 4) is 11.5 Å². The smallest absolute Gasteiger partial charge is 0.119 e. The average molecular weight is 346 g/mol. The van der Waals surface area contributed by atoms with E-state index in [1.807, 2.05) is 48.5 Å². The fourth-order valence-corrected chi connectivity index (χ4v) is 3.35. The van der Waals surface area contributed by atoms with Gasteiger partial charge in [-0.1, -0.05) is 26.7 Å². The Labute approximate surface area is 146 Å². The van der Waals surface area contributed by atoms with Crippen molar-refractivity contribution < 1.29 is 14.4 Å². The third-order valence-corrected chi connectivity index (χ3v) is 5.27. The highest BCUT2D eigenvalue weighted by Gasteiger charge is 2.11. The van der Waals surface area contributed by atoms with E-state index in [9.17, 15) is 4.89 Å². The molecule has 0 aliphatic rings. The molecule has 2 aromatic rings. The van der Waals surface area contributed by atoms with Gasteiger partial charge in [0.2, 0.25) is 0 Å². The molecular weight excluding hydrogens is 319 g/mol. The average Bonchev–Trinajstić information content (AvgIpc) is 2.63. The second kappa shape index (κ2) is 10.3. The first kappa shape index (κ1) is 18.8. The Morgan fingerprint density at radius 3 is 1.42 bits per heavy atom. The third kappa shape index (κ3) is 5.81. The van der Waals surface area contributed by atoms with E-state index in [1.54, 1.807) is 0 Å². The van der Waals surface area contributed by atoms with Crippen LogP contribution in [0.3, 0.4) is 0 Å². The van der Waals surface area contributed by atoms with Crippen LogP contribution in [0.4, 0.5) is 0 Å². The molecule has 0 atom stereocenters. The van der Waals surface area contributed by atoms with Gasteiger partial charge in [-0.3, -0.25) is 0 Å². The van der Waals surface area contributed by atoms with E-state index >= 15 is 0 Å². The molecule has 0 aromatic heterocycles. The van der Waals surface area contributed by atoms with E-state index in [2.05, 4.69) is 13.8 Å². The van der Waals surface area contributed by atoms with Crippen LogP contribution in [-0.2, 0) is 0 Å². The molecule has 4 heteroatoms. The van der Waals surface area contributed by atoms with Gasteiger partial charge in [0.1, 0.15) is 11.5 Å². The van der Waals surface area contributed by atoms with Crippen molar-refractivity contribution in [1.29, 1.82) is 0 Å². The van der Waals surface area contributed by atoms with Crippen molar-refractivity contribution in [3.63, 3.8) is 0 Å². The number of hydrogen-bond donors (Lipinski definition) is 1. The molecule has 3 nitrogen and oxygen atoms in total. The molecule has 0 aliphatic carbocycles. The van der Waals surface area contributed by atoms with Crippen LogP contribution in [0.15, 0.2) is 48.5 Å². The Morgan fingerprint density at radius 2 is 1.08 bits per heavy atom. The Balaban J connectivity index is 1.93. The third-order valence-electron chi connectivity index (χ3n) is 3.70. The van der Waals surface area contributed by atoms with Crippen molar-refractivity contribution in [2.45, 2.75) is 39.5 Å². The minimum Gasteiger partial charge on any atom is -0.494 e. The van der Waals surface area contributed by atoms with E-state index in [1.165, 1.54) is 0 Å². The summed E-state index contributed by atoms with van der Waals surface area (Å²) in [5, 5.41) is 1.85. The van der Waals surface area contributed by atoms with Crippen LogP contribution in [0.5, 0.6) is 11.5 Å². The first-order chi connectivity index (χ1) is 11.7. The first-order valence-electron chi connectivity index (χ1n) is 8.69. The summed E-state index contributed by atoms with van der Waals surface area (Å²) in [6.45, 7) is 5.77. The molecule has 0 radical (unpaired) electrons. The Morgan fingerprint density at radius 1 is 0.708 bits per heavy atom. The zero-order chi connectivity index (χ0) is 17.2. The summed E-state index contributed by atoms with van der Waals surface area (Å²) < 4.78 is 11.3. The topological polar surface area (TPSA) is 38.7 Å². The molecule has 1 N–H and O–H groups in total. The van der Waals surface area contributed by atoms with Gasteiger partial charge in [-0.2, -0.15) is 0 Å². The van der Waals surface area contributed by atoms with Crippen molar-refractivity contribution in [2.24, 2.45) is 0 Å². The maximum Gasteiger partial charge on any atom is 0.119 e. The van der Waals surface area contributed by atoms with Crippen molar-refractivity contribution >= 4 is 18.8 Å². The number of hydrogen-bond acceptors (Lipinski definition) is 3. The molecule has 0 amide bonds. The lowest BCUT2D eigenvalue weighted by Crippen LogP contribution is -2.11. The molecule has 24 heavy (non-hydrogen) atoms. The zero-order valence-corrected chi connectivity index (χ0v) is 15.5. The molecule has 2 aromatic carbocycles. The van der Waals surface area contributed by atoms with Gasteiger partial charge in [0.25, 0.3) is 0 Å². The predicted molar refractivity (Wildman–Crippen MR) is 102 cm³/mol. The second-order valence-electron chi connectivity index (χ2n) is 5.70. The molecule has 0 spiro atoms. The van der Waals surface area contributed by atoms with Crippen molar-refractivity contribution in [2.75, 3.05) is 13.2 Å². The lowest BCUT2D eigenvalue weighted by molar-refractivity contribution is 0.309. The molecule has 0 saturated heterocycles. The zero-order valence-electron chi connectivity index (χ0n) is 14.6. The minimum absolute atomic E-state index is 0.739.